The lowest BCUT2D eigenvalue weighted by Gasteiger charge is -2.14. The van der Waals surface area contributed by atoms with Crippen LogP contribution in [0.2, 0.25) is 0 Å². The van der Waals surface area contributed by atoms with Gasteiger partial charge in [0.1, 0.15) is 5.78 Å². The minimum atomic E-state index is -0.477. The van der Waals surface area contributed by atoms with E-state index in [1.807, 2.05) is 0 Å². The summed E-state index contributed by atoms with van der Waals surface area (Å²) in [6, 6.07) is -0.477. The molecule has 1 unspecified atom stereocenters. The molecule has 3 heteroatoms. The summed E-state index contributed by atoms with van der Waals surface area (Å²) in [6.45, 7) is 3.23. The maximum atomic E-state index is 10.5. The molecule has 2 atom stereocenters. The van der Waals surface area contributed by atoms with Crippen LogP contribution in [0.25, 0.3) is 0 Å². The SMILES string of the molecule is COC(C)[C@H](N)C(C)=O. The smallest absolute Gasteiger partial charge is 0.149 e. The Kier molecular flexibility index (Phi) is 3.42. The summed E-state index contributed by atoms with van der Waals surface area (Å²) in [7, 11) is 1.54. The fourth-order valence-electron chi connectivity index (χ4n) is 0.477. The van der Waals surface area contributed by atoms with E-state index in [2.05, 4.69) is 0 Å². The summed E-state index contributed by atoms with van der Waals surface area (Å²) >= 11 is 0. The third-order valence-corrected chi connectivity index (χ3v) is 1.35. The first-order valence-corrected chi connectivity index (χ1v) is 2.88. The lowest BCUT2D eigenvalue weighted by Crippen LogP contribution is -2.39. The molecule has 0 heterocycles. The highest BCUT2D eigenvalue weighted by Gasteiger charge is 2.15. The quantitative estimate of drug-likeness (QED) is 0.583. The summed E-state index contributed by atoms with van der Waals surface area (Å²) in [5.41, 5.74) is 5.40. The van der Waals surface area contributed by atoms with Crippen LogP contribution >= 0.6 is 0 Å². The monoisotopic (exact) mass is 131 g/mol. The zero-order valence-electron chi connectivity index (χ0n) is 6.05. The minimum Gasteiger partial charge on any atom is -0.380 e. The van der Waals surface area contributed by atoms with Gasteiger partial charge >= 0.3 is 0 Å². The molecule has 9 heavy (non-hydrogen) atoms. The van der Waals surface area contributed by atoms with Gasteiger partial charge in [-0.2, -0.15) is 0 Å². The van der Waals surface area contributed by atoms with Gasteiger partial charge in [0.25, 0.3) is 0 Å². The van der Waals surface area contributed by atoms with Gasteiger partial charge in [0.2, 0.25) is 0 Å². The fraction of sp³-hybridized carbons (Fsp3) is 0.833. The average Bonchev–Trinajstić information content (AvgIpc) is 1.84. The van der Waals surface area contributed by atoms with Crippen LogP contribution in [0, 0.1) is 0 Å². The third kappa shape index (κ3) is 2.58. The Hall–Kier alpha value is -0.410. The van der Waals surface area contributed by atoms with Crippen molar-refractivity contribution in [3.05, 3.63) is 0 Å². The number of rotatable bonds is 3. The number of hydrogen-bond acceptors (Lipinski definition) is 3. The second-order valence-corrected chi connectivity index (χ2v) is 2.08. The second kappa shape index (κ2) is 3.58. The highest BCUT2D eigenvalue weighted by Crippen LogP contribution is 1.93. The average molecular weight is 131 g/mol. The van der Waals surface area contributed by atoms with Crippen molar-refractivity contribution in [2.75, 3.05) is 7.11 Å². The number of nitrogens with two attached hydrogens (primary N) is 1. The Morgan fingerprint density at radius 1 is 1.67 bits per heavy atom. The zero-order chi connectivity index (χ0) is 7.44. The van der Waals surface area contributed by atoms with Gasteiger partial charge in [0.15, 0.2) is 0 Å². The molecule has 0 saturated carbocycles. The van der Waals surface area contributed by atoms with Crippen molar-refractivity contribution in [3.63, 3.8) is 0 Å². The van der Waals surface area contributed by atoms with Crippen LogP contribution in [0.4, 0.5) is 0 Å². The van der Waals surface area contributed by atoms with Gasteiger partial charge in [-0.15, -0.1) is 0 Å². The van der Waals surface area contributed by atoms with Gasteiger partial charge in [0, 0.05) is 7.11 Å². The maximum Gasteiger partial charge on any atom is 0.149 e. The normalized spacial score (nSPS) is 16.9. The molecule has 0 aliphatic carbocycles. The van der Waals surface area contributed by atoms with E-state index in [0.29, 0.717) is 0 Å². The number of ketones is 1. The van der Waals surface area contributed by atoms with Crippen LogP contribution in [0.15, 0.2) is 0 Å². The molecule has 0 saturated heterocycles. The summed E-state index contributed by atoms with van der Waals surface area (Å²) in [5, 5.41) is 0. The van der Waals surface area contributed by atoms with Crippen LogP contribution in [0.1, 0.15) is 13.8 Å². The Balaban J connectivity index is 3.72. The molecule has 54 valence electrons. The van der Waals surface area contributed by atoms with E-state index in [0.717, 1.165) is 0 Å². The minimum absolute atomic E-state index is 0.0376. The molecule has 0 aromatic rings. The van der Waals surface area contributed by atoms with E-state index in [1.165, 1.54) is 14.0 Å². The van der Waals surface area contributed by atoms with Crippen molar-refractivity contribution in [3.8, 4) is 0 Å². The van der Waals surface area contributed by atoms with Crippen LogP contribution in [-0.4, -0.2) is 25.0 Å². The molecule has 0 spiro atoms. The summed E-state index contributed by atoms with van der Waals surface area (Å²) in [5.74, 6) is -0.0376. The molecular formula is C6H13NO2. The maximum absolute atomic E-state index is 10.5. The van der Waals surface area contributed by atoms with Crippen molar-refractivity contribution in [2.45, 2.75) is 26.0 Å². The molecule has 0 aromatic carbocycles. The predicted molar refractivity (Wildman–Crippen MR) is 35.1 cm³/mol. The summed E-state index contributed by atoms with van der Waals surface area (Å²) < 4.78 is 4.83. The fourth-order valence-corrected chi connectivity index (χ4v) is 0.477. The number of carbonyl (C=O) groups is 1. The van der Waals surface area contributed by atoms with Gasteiger partial charge in [-0.25, -0.2) is 0 Å². The molecule has 0 aliphatic rings. The van der Waals surface area contributed by atoms with Crippen LogP contribution in [0.3, 0.4) is 0 Å². The van der Waals surface area contributed by atoms with Gasteiger partial charge in [-0.1, -0.05) is 0 Å². The van der Waals surface area contributed by atoms with E-state index < -0.39 is 6.04 Å². The number of carbonyl (C=O) groups excluding carboxylic acids is 1. The van der Waals surface area contributed by atoms with E-state index in [9.17, 15) is 4.79 Å². The van der Waals surface area contributed by atoms with Gasteiger partial charge < -0.3 is 10.5 Å². The van der Waals surface area contributed by atoms with E-state index in [1.54, 1.807) is 6.92 Å². The van der Waals surface area contributed by atoms with Gasteiger partial charge in [-0.3, -0.25) is 4.79 Å². The third-order valence-electron chi connectivity index (χ3n) is 1.35. The number of methoxy groups -OCH3 is 1. The van der Waals surface area contributed by atoms with Crippen molar-refractivity contribution >= 4 is 5.78 Å². The Bertz CT molecular complexity index is 103. The molecular weight excluding hydrogens is 118 g/mol. The van der Waals surface area contributed by atoms with Crippen LogP contribution in [0.5, 0.6) is 0 Å². The van der Waals surface area contributed by atoms with E-state index in [-0.39, 0.29) is 11.9 Å². The molecule has 0 rings (SSSR count). The number of hydrogen-bond donors (Lipinski definition) is 1. The molecule has 0 radical (unpaired) electrons. The molecule has 2 N–H and O–H groups in total. The lowest BCUT2D eigenvalue weighted by atomic mass is 10.1. The van der Waals surface area contributed by atoms with Gasteiger partial charge in [0.05, 0.1) is 12.1 Å². The topological polar surface area (TPSA) is 52.3 Å². The van der Waals surface area contributed by atoms with Crippen molar-refractivity contribution < 1.29 is 9.53 Å². The molecule has 0 aliphatic heterocycles. The van der Waals surface area contributed by atoms with Crippen molar-refractivity contribution in [1.29, 1.82) is 0 Å². The van der Waals surface area contributed by atoms with Crippen molar-refractivity contribution in [2.24, 2.45) is 5.73 Å². The highest BCUT2D eigenvalue weighted by molar-refractivity contribution is 5.81. The summed E-state index contributed by atoms with van der Waals surface area (Å²) in [6.07, 6.45) is -0.178. The molecule has 0 aromatic heterocycles. The standard InChI is InChI=1S/C6H13NO2/c1-4(8)6(7)5(2)9-3/h5-6H,7H2,1-3H3/t5?,6-/m1/s1. The predicted octanol–water partition coefficient (Wildman–Crippen LogP) is -0.0624. The van der Waals surface area contributed by atoms with E-state index in [4.69, 9.17) is 10.5 Å². The molecule has 3 nitrogen and oxygen atoms in total. The summed E-state index contributed by atoms with van der Waals surface area (Å²) in [4.78, 5) is 10.5. The first-order valence-electron chi connectivity index (χ1n) is 2.88. The first-order chi connectivity index (χ1) is 4.09. The largest absolute Gasteiger partial charge is 0.380 e. The van der Waals surface area contributed by atoms with Gasteiger partial charge in [-0.05, 0) is 13.8 Å². The number of ether oxygens (including phenoxy) is 1. The van der Waals surface area contributed by atoms with Crippen LogP contribution < -0.4 is 5.73 Å². The van der Waals surface area contributed by atoms with E-state index >= 15 is 0 Å². The Labute approximate surface area is 55.2 Å². The first kappa shape index (κ1) is 8.59. The second-order valence-electron chi connectivity index (χ2n) is 2.08. The number of Topliss-reactive ketones (excluding diaryl/α,β-unsaturated/α-hetero) is 1. The zero-order valence-corrected chi connectivity index (χ0v) is 6.05. The molecule has 0 amide bonds. The molecule has 0 fully saturated rings. The Morgan fingerprint density at radius 2 is 2.11 bits per heavy atom. The van der Waals surface area contributed by atoms with Crippen LogP contribution in [-0.2, 0) is 9.53 Å². The highest BCUT2D eigenvalue weighted by atomic mass is 16.5. The lowest BCUT2D eigenvalue weighted by molar-refractivity contribution is -0.120. The van der Waals surface area contributed by atoms with Crippen molar-refractivity contribution in [1.82, 2.24) is 0 Å². The Morgan fingerprint density at radius 3 is 2.22 bits per heavy atom. The molecule has 0 bridgehead atoms.